The average Bonchev–Trinajstić information content (AvgIpc) is 2.34. The number of hydrogen-bond acceptors (Lipinski definition) is 2. The quantitative estimate of drug-likeness (QED) is 0.475. The molecule has 0 atom stereocenters. The summed E-state index contributed by atoms with van der Waals surface area (Å²) in [5.74, 6) is -0.101. The van der Waals surface area contributed by atoms with Gasteiger partial charge in [0, 0.05) is 20.0 Å². The maximum Gasteiger partial charge on any atom is 0.345 e. The minimum Gasteiger partial charge on any atom is -0.274 e. The third-order valence-electron chi connectivity index (χ3n) is 1.50. The lowest BCUT2D eigenvalue weighted by atomic mass is 10.4. The molecule has 0 unspecified atom stereocenters. The van der Waals surface area contributed by atoms with E-state index in [1.54, 1.807) is 0 Å². The van der Waals surface area contributed by atoms with Crippen LogP contribution in [0.4, 0.5) is 4.79 Å². The largest absolute Gasteiger partial charge is 0.345 e. The first kappa shape index (κ1) is 7.05. The van der Waals surface area contributed by atoms with Gasteiger partial charge in [-0.25, -0.2) is 10.1 Å². The fraction of sp³-hybridized carbons (Fsp3) is 0.667. The number of hydrogen-bond donors (Lipinski definition) is 0. The van der Waals surface area contributed by atoms with Gasteiger partial charge in [-0.3, -0.25) is 9.69 Å². The van der Waals surface area contributed by atoms with Crippen molar-refractivity contribution in [1.82, 2.24) is 10.2 Å². The fourth-order valence-electron chi connectivity index (χ4n) is 0.971. The summed E-state index contributed by atoms with van der Waals surface area (Å²) in [5, 5.41) is 3.39. The van der Waals surface area contributed by atoms with E-state index >= 15 is 0 Å². The van der Waals surface area contributed by atoms with Gasteiger partial charge >= 0.3 is 6.03 Å². The van der Waals surface area contributed by atoms with Crippen molar-refractivity contribution in [1.29, 1.82) is 0 Å². The van der Waals surface area contributed by atoms with Crippen molar-refractivity contribution in [3.63, 3.8) is 0 Å². The molecule has 1 fully saturated rings. The first-order chi connectivity index (χ1) is 4.75. The topological polar surface area (TPSA) is 51.5 Å². The summed E-state index contributed by atoms with van der Waals surface area (Å²) < 4.78 is 0. The Hall–Kier alpha value is -1.06. The summed E-state index contributed by atoms with van der Waals surface area (Å²) >= 11 is 0. The molecule has 0 saturated carbocycles. The predicted octanol–water partition coefficient (Wildman–Crippen LogP) is -0.0370. The highest BCUT2D eigenvalue weighted by Gasteiger charge is 2.25. The molecular formula is C6H9N2O2. The molecule has 0 N–H and O–H groups in total. The molecule has 0 aromatic carbocycles. The van der Waals surface area contributed by atoms with Crippen LogP contribution in [0.1, 0.15) is 12.8 Å². The highest BCUT2D eigenvalue weighted by atomic mass is 16.2. The van der Waals surface area contributed by atoms with Gasteiger partial charge in [0.1, 0.15) is 0 Å². The van der Waals surface area contributed by atoms with Crippen molar-refractivity contribution in [2.24, 2.45) is 0 Å². The molecule has 1 saturated heterocycles. The van der Waals surface area contributed by atoms with Crippen molar-refractivity contribution in [2.45, 2.75) is 12.8 Å². The number of urea groups is 1. The third-order valence-corrected chi connectivity index (χ3v) is 1.50. The Kier molecular flexibility index (Phi) is 1.89. The van der Waals surface area contributed by atoms with Gasteiger partial charge in [0.2, 0.25) is 5.91 Å². The molecular weight excluding hydrogens is 132 g/mol. The van der Waals surface area contributed by atoms with Crippen molar-refractivity contribution in [2.75, 3.05) is 13.6 Å². The van der Waals surface area contributed by atoms with Crippen LogP contribution in [0.25, 0.3) is 0 Å². The van der Waals surface area contributed by atoms with Gasteiger partial charge in [-0.05, 0) is 6.42 Å². The van der Waals surface area contributed by atoms with Crippen LogP contribution in [-0.4, -0.2) is 30.4 Å². The van der Waals surface area contributed by atoms with Crippen LogP contribution < -0.4 is 5.32 Å². The number of amides is 3. The monoisotopic (exact) mass is 141 g/mol. The molecule has 0 aromatic heterocycles. The van der Waals surface area contributed by atoms with Crippen molar-refractivity contribution < 1.29 is 9.59 Å². The van der Waals surface area contributed by atoms with Gasteiger partial charge in [-0.2, -0.15) is 0 Å². The van der Waals surface area contributed by atoms with E-state index < -0.39 is 6.03 Å². The zero-order chi connectivity index (χ0) is 7.56. The SMILES string of the molecule is C[N]C(=O)N1CCCC1=O. The average molecular weight is 141 g/mol. The van der Waals surface area contributed by atoms with Gasteiger partial charge in [-0.1, -0.05) is 0 Å². The lowest BCUT2D eigenvalue weighted by Crippen LogP contribution is -2.35. The molecule has 0 aromatic rings. The molecule has 0 spiro atoms. The van der Waals surface area contributed by atoms with E-state index in [-0.39, 0.29) is 5.91 Å². The Morgan fingerprint density at radius 1 is 1.70 bits per heavy atom. The van der Waals surface area contributed by atoms with Crippen LogP contribution in [0, 0.1) is 0 Å². The summed E-state index contributed by atoms with van der Waals surface area (Å²) in [6.07, 6.45) is 1.27. The first-order valence-corrected chi connectivity index (χ1v) is 3.20. The Balaban J connectivity index is 2.55. The normalized spacial score (nSPS) is 17.7. The van der Waals surface area contributed by atoms with Crippen LogP contribution in [0.3, 0.4) is 0 Å². The van der Waals surface area contributed by atoms with Crippen LogP contribution in [0.5, 0.6) is 0 Å². The zero-order valence-corrected chi connectivity index (χ0v) is 5.83. The minimum atomic E-state index is -0.414. The van der Waals surface area contributed by atoms with Crippen LogP contribution in [0.15, 0.2) is 0 Å². The molecule has 0 aliphatic carbocycles. The second-order valence-corrected chi connectivity index (χ2v) is 2.16. The van der Waals surface area contributed by atoms with Crippen LogP contribution in [-0.2, 0) is 4.79 Å². The molecule has 1 rings (SSSR count). The van der Waals surface area contributed by atoms with Crippen molar-refractivity contribution >= 4 is 11.9 Å². The Morgan fingerprint density at radius 2 is 2.40 bits per heavy atom. The van der Waals surface area contributed by atoms with E-state index in [0.29, 0.717) is 13.0 Å². The highest BCUT2D eigenvalue weighted by molar-refractivity contribution is 5.95. The second-order valence-electron chi connectivity index (χ2n) is 2.16. The molecule has 3 amide bonds. The molecule has 1 heterocycles. The van der Waals surface area contributed by atoms with Crippen molar-refractivity contribution in [3.8, 4) is 0 Å². The molecule has 4 nitrogen and oxygen atoms in total. The van der Waals surface area contributed by atoms with E-state index in [9.17, 15) is 9.59 Å². The predicted molar refractivity (Wildman–Crippen MR) is 34.4 cm³/mol. The standard InChI is InChI=1S/C6H9N2O2/c1-7-6(10)8-4-2-3-5(8)9/h2-4H2,1H3. The Labute approximate surface area is 59.2 Å². The Morgan fingerprint density at radius 3 is 2.80 bits per heavy atom. The molecule has 1 radical (unpaired) electrons. The molecule has 1 aliphatic rings. The summed E-state index contributed by atoms with van der Waals surface area (Å²) in [6.45, 7) is 0.537. The maximum atomic E-state index is 10.8. The lowest BCUT2D eigenvalue weighted by molar-refractivity contribution is -0.125. The molecule has 4 heteroatoms. The van der Waals surface area contributed by atoms with Crippen LogP contribution in [0.2, 0.25) is 0 Å². The molecule has 10 heavy (non-hydrogen) atoms. The van der Waals surface area contributed by atoms with Crippen molar-refractivity contribution in [3.05, 3.63) is 0 Å². The Bertz CT molecular complexity index is 167. The number of imide groups is 1. The zero-order valence-electron chi connectivity index (χ0n) is 5.83. The number of nitrogens with zero attached hydrogens (tertiary/aromatic N) is 2. The molecule has 0 bridgehead atoms. The number of likely N-dealkylation sites (tertiary alicyclic amines) is 1. The van der Waals surface area contributed by atoms with Crippen LogP contribution >= 0.6 is 0 Å². The van der Waals surface area contributed by atoms with Gasteiger partial charge < -0.3 is 0 Å². The van der Waals surface area contributed by atoms with E-state index in [1.807, 2.05) is 0 Å². The second kappa shape index (κ2) is 2.68. The summed E-state index contributed by atoms with van der Waals surface area (Å²) in [6, 6.07) is -0.414. The van der Waals surface area contributed by atoms with E-state index in [4.69, 9.17) is 0 Å². The molecule has 55 valence electrons. The lowest BCUT2D eigenvalue weighted by Gasteiger charge is -2.09. The highest BCUT2D eigenvalue weighted by Crippen LogP contribution is 2.08. The van der Waals surface area contributed by atoms with Gasteiger partial charge in [0.15, 0.2) is 0 Å². The van der Waals surface area contributed by atoms with Gasteiger partial charge in [-0.15, -0.1) is 0 Å². The number of rotatable bonds is 0. The van der Waals surface area contributed by atoms with E-state index in [0.717, 1.165) is 6.42 Å². The summed E-state index contributed by atoms with van der Waals surface area (Å²) in [5.41, 5.74) is 0. The van der Waals surface area contributed by atoms with E-state index in [1.165, 1.54) is 11.9 Å². The van der Waals surface area contributed by atoms with Gasteiger partial charge in [0.05, 0.1) is 0 Å². The third kappa shape index (κ3) is 1.10. The molecule has 1 aliphatic heterocycles. The number of carbonyl (C=O) groups excluding carboxylic acids is 2. The minimum absolute atomic E-state index is 0.101. The smallest absolute Gasteiger partial charge is 0.274 e. The van der Waals surface area contributed by atoms with Gasteiger partial charge in [0.25, 0.3) is 0 Å². The fourth-order valence-corrected chi connectivity index (χ4v) is 0.971. The first-order valence-electron chi connectivity index (χ1n) is 3.20. The van der Waals surface area contributed by atoms with E-state index in [2.05, 4.69) is 5.32 Å². The number of carbonyl (C=O) groups is 2. The summed E-state index contributed by atoms with van der Waals surface area (Å²) in [4.78, 5) is 22.8. The maximum absolute atomic E-state index is 10.8. The summed E-state index contributed by atoms with van der Waals surface area (Å²) in [7, 11) is 1.40.